The van der Waals surface area contributed by atoms with Gasteiger partial charge in [0.1, 0.15) is 0 Å². The van der Waals surface area contributed by atoms with E-state index in [4.69, 9.17) is 23.3 Å². The largest absolute Gasteiger partial charge is 0.640 e. The van der Waals surface area contributed by atoms with Gasteiger partial charge in [-0.1, -0.05) is 53.7 Å². The summed E-state index contributed by atoms with van der Waals surface area (Å²) in [6.07, 6.45) is 2.41. The lowest BCUT2D eigenvalue weighted by molar-refractivity contribution is 0.00578. The van der Waals surface area contributed by atoms with Gasteiger partial charge in [-0.15, -0.1) is 22.7 Å². The third-order valence-corrected chi connectivity index (χ3v) is 9.76. The minimum absolute atomic E-state index is 0.120. The molecule has 0 spiro atoms. The molecule has 0 unspecified atom stereocenters. The number of rotatable bonds is 5. The Bertz CT molecular complexity index is 1060. The van der Waals surface area contributed by atoms with Crippen molar-refractivity contribution < 1.29 is 23.3 Å². The molecule has 2 aromatic heterocycles. The molecule has 0 aromatic carbocycles. The topological polar surface area (TPSA) is 46.2 Å². The number of hydrogen-bond acceptors (Lipinski definition) is 7. The number of thiophene rings is 2. The van der Waals surface area contributed by atoms with Crippen molar-refractivity contribution in [3.63, 3.8) is 0 Å². The monoisotopic (exact) mass is 620 g/mol. The maximum atomic E-state index is 6.08. The van der Waals surface area contributed by atoms with Crippen molar-refractivity contribution in [1.29, 1.82) is 0 Å². The molecule has 0 radical (unpaired) electrons. The van der Waals surface area contributed by atoms with E-state index in [0.29, 0.717) is 10.8 Å². The van der Waals surface area contributed by atoms with Crippen LogP contribution < -0.4 is 4.78 Å². The molecular weight excluding hydrogens is 562 g/mol. The average molecular weight is 621 g/mol. The van der Waals surface area contributed by atoms with Crippen LogP contribution >= 0.6 is 22.7 Å². The van der Waals surface area contributed by atoms with Crippen molar-refractivity contribution in [3.05, 3.63) is 39.4 Å². The first-order valence-electron chi connectivity index (χ1n) is 15.3. The summed E-state index contributed by atoms with van der Waals surface area (Å²) in [5, 5.41) is 2.14. The van der Waals surface area contributed by atoms with Gasteiger partial charge < -0.3 is 23.3 Å². The maximum absolute atomic E-state index is 6.08. The molecule has 0 amide bonds. The minimum Gasteiger partial charge on any atom is -0.399 e. The molecule has 5 nitrogen and oxygen atoms in total. The molecule has 0 N–H and O–H groups in total. The molecular formula is C33H58B2O5S2. The highest BCUT2D eigenvalue weighted by Gasteiger charge is 2.53. The fraction of sp³-hybridized carbons (Fsp3) is 0.758. The van der Waals surface area contributed by atoms with E-state index in [2.05, 4.69) is 98.9 Å². The first kappa shape index (κ1) is 37.5. The van der Waals surface area contributed by atoms with E-state index < -0.39 is 7.32 Å². The van der Waals surface area contributed by atoms with E-state index in [0.717, 1.165) is 6.42 Å². The van der Waals surface area contributed by atoms with Crippen molar-refractivity contribution in [2.75, 3.05) is 0 Å². The first-order chi connectivity index (χ1) is 18.8. The molecule has 0 bridgehead atoms. The summed E-state index contributed by atoms with van der Waals surface area (Å²) in [6, 6.07) is 8.67. The Morgan fingerprint density at radius 2 is 1.14 bits per heavy atom. The summed E-state index contributed by atoms with van der Waals surface area (Å²) in [4.78, 5) is 2.89. The highest BCUT2D eigenvalue weighted by Crippen LogP contribution is 2.38. The van der Waals surface area contributed by atoms with Gasteiger partial charge >= 0.3 is 14.4 Å². The lowest BCUT2D eigenvalue weighted by Gasteiger charge is -2.32. The first-order valence-corrected chi connectivity index (χ1v) is 17.0. The number of hydrogen-bond donors (Lipinski definition) is 0. The summed E-state index contributed by atoms with van der Waals surface area (Å²) < 4.78 is 30.0. The standard InChI is InChI=1S/C15H25BO2S.C9H19BO3.C9H14S/c1-13(2,3)10-11-8-9-12(19-11)16-17-14(4,5)15(6,7)18-16;1-7(2)11-10-12-8(3,4)9(5,6)13-10;1-9(2,3)7-8-5-4-6-10-8/h8-9H,10H2,1-7H3;7H,1-6H3;4-6H,7H2,1-3H3. The van der Waals surface area contributed by atoms with Gasteiger partial charge in [0.05, 0.1) is 22.4 Å². The van der Waals surface area contributed by atoms with Crippen LogP contribution in [0.1, 0.15) is 121 Å². The van der Waals surface area contributed by atoms with Gasteiger partial charge in [-0.25, -0.2) is 0 Å². The van der Waals surface area contributed by atoms with Gasteiger partial charge in [0.2, 0.25) is 0 Å². The van der Waals surface area contributed by atoms with Gasteiger partial charge in [-0.05, 0) is 110 Å². The summed E-state index contributed by atoms with van der Waals surface area (Å²) >= 11 is 3.66. The van der Waals surface area contributed by atoms with Gasteiger partial charge in [0.25, 0.3) is 0 Å². The quantitative estimate of drug-likeness (QED) is 0.313. The molecule has 0 aliphatic carbocycles. The lowest BCUT2D eigenvalue weighted by Crippen LogP contribution is -2.41. The summed E-state index contributed by atoms with van der Waals surface area (Å²) in [5.41, 5.74) is -0.361. The maximum Gasteiger partial charge on any atom is 0.640 e. The molecule has 2 aliphatic heterocycles. The smallest absolute Gasteiger partial charge is 0.399 e. The van der Waals surface area contributed by atoms with E-state index in [-0.39, 0.29) is 35.6 Å². The third-order valence-electron chi connectivity index (χ3n) is 7.77. The highest BCUT2D eigenvalue weighted by atomic mass is 32.1. The van der Waals surface area contributed by atoms with Crippen LogP contribution in [0.15, 0.2) is 29.6 Å². The summed E-state index contributed by atoms with van der Waals surface area (Å²) in [6.45, 7) is 34.0. The zero-order chi connectivity index (χ0) is 32.4. The second-order valence-electron chi connectivity index (χ2n) is 16.2. The normalized spacial score (nSPS) is 20.7. The van der Waals surface area contributed by atoms with Crippen LogP contribution in [-0.4, -0.2) is 42.9 Å². The molecule has 0 atom stereocenters. The predicted octanol–water partition coefficient (Wildman–Crippen LogP) is 8.97. The third kappa shape index (κ3) is 11.4. The van der Waals surface area contributed by atoms with Crippen molar-refractivity contribution in [2.45, 2.75) is 152 Å². The fourth-order valence-electron chi connectivity index (χ4n) is 4.10. The van der Waals surface area contributed by atoms with Crippen LogP contribution in [0.3, 0.4) is 0 Å². The SMILES string of the molecule is CC(C)(C)Cc1ccc(B2OC(C)(C)C(C)(C)O2)s1.CC(C)(C)Cc1cccs1.CC(C)OB1OC(C)(C)C(C)(C)O1. The van der Waals surface area contributed by atoms with Crippen molar-refractivity contribution in [2.24, 2.45) is 10.8 Å². The van der Waals surface area contributed by atoms with E-state index in [1.807, 2.05) is 64.2 Å². The Hall–Kier alpha value is -0.670. The Labute approximate surface area is 266 Å². The molecule has 9 heteroatoms. The summed E-state index contributed by atoms with van der Waals surface area (Å²) in [7, 11) is -0.742. The van der Waals surface area contributed by atoms with E-state index in [1.165, 1.54) is 21.0 Å². The average Bonchev–Trinajstić information content (AvgIpc) is 3.49. The van der Waals surface area contributed by atoms with Gasteiger partial charge in [-0.2, -0.15) is 0 Å². The van der Waals surface area contributed by atoms with Crippen molar-refractivity contribution >= 4 is 41.9 Å². The minimum atomic E-state index is -0.523. The molecule has 42 heavy (non-hydrogen) atoms. The fourth-order valence-corrected chi connectivity index (χ4v) is 6.38. The molecule has 2 saturated heterocycles. The second kappa shape index (κ2) is 13.8. The molecule has 2 fully saturated rings. The van der Waals surface area contributed by atoms with Crippen molar-refractivity contribution in [3.8, 4) is 0 Å². The Balaban J connectivity index is 0.000000234. The Morgan fingerprint density at radius 1 is 0.690 bits per heavy atom. The molecule has 2 aromatic rings. The van der Waals surface area contributed by atoms with Crippen LogP contribution in [-0.2, 0) is 36.1 Å². The van der Waals surface area contributed by atoms with Gasteiger partial charge in [0, 0.05) is 20.6 Å². The van der Waals surface area contributed by atoms with E-state index in [1.54, 1.807) is 0 Å². The predicted molar refractivity (Wildman–Crippen MR) is 183 cm³/mol. The zero-order valence-corrected chi connectivity index (χ0v) is 31.0. The zero-order valence-electron chi connectivity index (χ0n) is 29.4. The van der Waals surface area contributed by atoms with E-state index in [9.17, 15) is 0 Å². The summed E-state index contributed by atoms with van der Waals surface area (Å²) in [5.74, 6) is 0. The highest BCUT2D eigenvalue weighted by molar-refractivity contribution is 7.22. The Morgan fingerprint density at radius 3 is 1.55 bits per heavy atom. The molecule has 4 rings (SSSR count). The molecule has 4 heterocycles. The molecule has 238 valence electrons. The Kier molecular flexibility index (Phi) is 12.3. The van der Waals surface area contributed by atoms with Crippen LogP contribution in [0.4, 0.5) is 0 Å². The van der Waals surface area contributed by atoms with Crippen LogP contribution in [0.5, 0.6) is 0 Å². The van der Waals surface area contributed by atoms with Gasteiger partial charge in [0.15, 0.2) is 0 Å². The van der Waals surface area contributed by atoms with Gasteiger partial charge in [-0.3, -0.25) is 0 Å². The van der Waals surface area contributed by atoms with E-state index >= 15 is 0 Å². The van der Waals surface area contributed by atoms with Crippen molar-refractivity contribution in [1.82, 2.24) is 0 Å². The lowest BCUT2D eigenvalue weighted by atomic mass is 9.88. The van der Waals surface area contributed by atoms with Crippen LogP contribution in [0.25, 0.3) is 0 Å². The van der Waals surface area contributed by atoms with Crippen LogP contribution in [0, 0.1) is 10.8 Å². The molecule has 2 aliphatic rings. The second-order valence-corrected chi connectivity index (χ2v) is 18.4. The molecule has 0 saturated carbocycles. The van der Waals surface area contributed by atoms with Crippen LogP contribution in [0.2, 0.25) is 0 Å².